The van der Waals surface area contributed by atoms with Crippen LogP contribution in [0.4, 0.5) is 11.4 Å². The summed E-state index contributed by atoms with van der Waals surface area (Å²) in [5.74, 6) is -0.297. The average Bonchev–Trinajstić information content (AvgIpc) is 2.94. The number of carbonyl (C=O) groups excluding carboxylic acids is 2. The van der Waals surface area contributed by atoms with Gasteiger partial charge in [0.2, 0.25) is 0 Å². The number of hydrogen-bond donors (Lipinski definition) is 0. The van der Waals surface area contributed by atoms with Crippen LogP contribution in [0.15, 0.2) is 72.9 Å². The highest BCUT2D eigenvalue weighted by atomic mass is 16.5. The minimum absolute atomic E-state index is 0.269. The van der Waals surface area contributed by atoms with E-state index in [1.54, 1.807) is 47.5 Å². The van der Waals surface area contributed by atoms with Crippen LogP contribution >= 0.6 is 0 Å². The third-order valence-corrected chi connectivity index (χ3v) is 6.16. The average molecular weight is 475 g/mol. The Bertz CT molecular complexity index is 1130. The van der Waals surface area contributed by atoms with Crippen LogP contribution in [0, 0.1) is 0 Å². The van der Waals surface area contributed by atoms with Crippen molar-refractivity contribution in [2.45, 2.75) is 0 Å². The molecule has 1 fully saturated rings. The molecule has 0 aliphatic carbocycles. The Morgan fingerprint density at radius 1 is 0.943 bits per heavy atom. The summed E-state index contributed by atoms with van der Waals surface area (Å²) >= 11 is 0. The molecule has 0 unspecified atom stereocenters. The highest BCUT2D eigenvalue weighted by Gasteiger charge is 2.26. The van der Waals surface area contributed by atoms with Crippen LogP contribution < -0.4 is 14.5 Å². The topological polar surface area (TPSA) is 75.2 Å². The molecule has 1 aromatic heterocycles. The van der Waals surface area contributed by atoms with Crippen LogP contribution in [0.3, 0.4) is 0 Å². The third kappa shape index (κ3) is 5.78. The van der Waals surface area contributed by atoms with Gasteiger partial charge in [0.15, 0.2) is 0 Å². The first kappa shape index (κ1) is 24.2. The van der Waals surface area contributed by atoms with Crippen molar-refractivity contribution < 1.29 is 19.1 Å². The van der Waals surface area contributed by atoms with Crippen molar-refractivity contribution in [3.63, 3.8) is 0 Å². The number of piperazine rings is 1. The molecule has 0 N–H and O–H groups in total. The molecule has 35 heavy (non-hydrogen) atoms. The van der Waals surface area contributed by atoms with E-state index in [0.717, 1.165) is 26.2 Å². The van der Waals surface area contributed by atoms with Gasteiger partial charge in [-0.25, -0.2) is 4.79 Å². The predicted molar refractivity (Wildman–Crippen MR) is 135 cm³/mol. The van der Waals surface area contributed by atoms with E-state index in [0.29, 0.717) is 30.2 Å². The second kappa shape index (κ2) is 11.5. The van der Waals surface area contributed by atoms with E-state index in [1.165, 1.54) is 19.9 Å². The quantitative estimate of drug-likeness (QED) is 0.464. The zero-order chi connectivity index (χ0) is 24.6. The summed E-state index contributed by atoms with van der Waals surface area (Å²) in [6, 6.07) is 20.6. The fourth-order valence-corrected chi connectivity index (χ4v) is 4.22. The van der Waals surface area contributed by atoms with Crippen LogP contribution in [-0.2, 0) is 4.74 Å². The summed E-state index contributed by atoms with van der Waals surface area (Å²) in [7, 11) is 2.85. The number of aromatic nitrogens is 1. The first-order valence-electron chi connectivity index (χ1n) is 11.6. The van der Waals surface area contributed by atoms with E-state index in [9.17, 15) is 9.59 Å². The second-order valence-corrected chi connectivity index (χ2v) is 8.21. The molecule has 2 heterocycles. The summed E-state index contributed by atoms with van der Waals surface area (Å²) < 4.78 is 10.3. The predicted octanol–water partition coefficient (Wildman–Crippen LogP) is 3.35. The van der Waals surface area contributed by atoms with Crippen molar-refractivity contribution in [2.75, 3.05) is 63.3 Å². The maximum Gasteiger partial charge on any atom is 0.340 e. The lowest BCUT2D eigenvalue weighted by molar-refractivity contribution is 0.0601. The molecule has 8 nitrogen and oxygen atoms in total. The van der Waals surface area contributed by atoms with Crippen molar-refractivity contribution in [1.29, 1.82) is 0 Å². The molecule has 0 atom stereocenters. The zero-order valence-electron chi connectivity index (χ0n) is 20.1. The Morgan fingerprint density at radius 2 is 1.69 bits per heavy atom. The van der Waals surface area contributed by atoms with Crippen molar-refractivity contribution in [2.24, 2.45) is 0 Å². The number of benzene rings is 2. The standard InChI is InChI=1S/C27H30N4O4/c1-34-22-11-12-25(23(20-22)27(33)35-2)31(26(32)24-10-6-7-13-28-24)19-16-29-14-17-30(18-15-29)21-8-4-3-5-9-21/h3-13,20H,14-19H2,1-2H3. The van der Waals surface area contributed by atoms with Gasteiger partial charge in [0, 0.05) is 51.2 Å². The third-order valence-electron chi connectivity index (χ3n) is 6.16. The van der Waals surface area contributed by atoms with Crippen LogP contribution in [0.25, 0.3) is 0 Å². The Kier molecular flexibility index (Phi) is 7.95. The van der Waals surface area contributed by atoms with Crippen molar-refractivity contribution >= 4 is 23.3 Å². The fourth-order valence-electron chi connectivity index (χ4n) is 4.22. The Labute approximate surface area is 205 Å². The number of pyridine rings is 1. The highest BCUT2D eigenvalue weighted by Crippen LogP contribution is 2.28. The van der Waals surface area contributed by atoms with Crippen molar-refractivity contribution in [1.82, 2.24) is 9.88 Å². The molecule has 182 valence electrons. The largest absolute Gasteiger partial charge is 0.497 e. The van der Waals surface area contributed by atoms with E-state index in [2.05, 4.69) is 39.0 Å². The number of carbonyl (C=O) groups is 2. The molecule has 3 aromatic rings. The van der Waals surface area contributed by atoms with Gasteiger partial charge >= 0.3 is 5.97 Å². The van der Waals surface area contributed by atoms with Crippen LogP contribution in [0.1, 0.15) is 20.8 Å². The maximum absolute atomic E-state index is 13.5. The first-order valence-corrected chi connectivity index (χ1v) is 11.6. The first-order chi connectivity index (χ1) is 17.1. The molecule has 8 heteroatoms. The number of nitrogens with zero attached hydrogens (tertiary/aromatic N) is 4. The number of para-hydroxylation sites is 1. The Morgan fingerprint density at radius 3 is 2.34 bits per heavy atom. The molecular weight excluding hydrogens is 444 g/mol. The normalized spacial score (nSPS) is 13.8. The molecule has 1 aliphatic rings. The lowest BCUT2D eigenvalue weighted by Gasteiger charge is -2.37. The molecule has 1 amide bonds. The summed E-state index contributed by atoms with van der Waals surface area (Å²) in [4.78, 5) is 36.7. The van der Waals surface area contributed by atoms with E-state index >= 15 is 0 Å². The number of rotatable bonds is 8. The van der Waals surface area contributed by atoms with E-state index in [4.69, 9.17) is 9.47 Å². The van der Waals surface area contributed by atoms with E-state index in [-0.39, 0.29) is 11.5 Å². The smallest absolute Gasteiger partial charge is 0.340 e. The molecule has 4 rings (SSSR count). The minimum atomic E-state index is -0.533. The molecular formula is C27H30N4O4. The summed E-state index contributed by atoms with van der Waals surface area (Å²) in [5, 5.41) is 0. The van der Waals surface area contributed by atoms with Gasteiger partial charge in [-0.15, -0.1) is 0 Å². The lowest BCUT2D eigenvalue weighted by atomic mass is 10.1. The van der Waals surface area contributed by atoms with Gasteiger partial charge in [-0.05, 0) is 42.5 Å². The number of amides is 1. The van der Waals surface area contributed by atoms with E-state index < -0.39 is 5.97 Å². The zero-order valence-corrected chi connectivity index (χ0v) is 20.1. The van der Waals surface area contributed by atoms with Gasteiger partial charge in [-0.1, -0.05) is 24.3 Å². The van der Waals surface area contributed by atoms with Gasteiger partial charge in [-0.2, -0.15) is 0 Å². The number of anilines is 2. The molecule has 0 saturated carbocycles. The number of ether oxygens (including phenoxy) is 2. The van der Waals surface area contributed by atoms with Crippen LogP contribution in [0.5, 0.6) is 5.75 Å². The molecule has 0 radical (unpaired) electrons. The number of methoxy groups -OCH3 is 2. The van der Waals surface area contributed by atoms with Gasteiger partial charge in [-0.3, -0.25) is 14.7 Å². The summed E-state index contributed by atoms with van der Waals surface area (Å²) in [6.45, 7) is 4.65. The molecule has 1 saturated heterocycles. The lowest BCUT2D eigenvalue weighted by Crippen LogP contribution is -2.49. The van der Waals surface area contributed by atoms with Crippen LogP contribution in [-0.4, -0.2) is 75.2 Å². The molecule has 0 spiro atoms. The SMILES string of the molecule is COC(=O)c1cc(OC)ccc1N(CCN1CCN(c2ccccc2)CC1)C(=O)c1ccccn1. The second-order valence-electron chi connectivity index (χ2n) is 8.21. The van der Waals surface area contributed by atoms with Crippen LogP contribution in [0.2, 0.25) is 0 Å². The maximum atomic E-state index is 13.5. The molecule has 1 aliphatic heterocycles. The fraction of sp³-hybridized carbons (Fsp3) is 0.296. The van der Waals surface area contributed by atoms with Crippen molar-refractivity contribution in [3.05, 3.63) is 84.2 Å². The minimum Gasteiger partial charge on any atom is -0.497 e. The molecule has 0 bridgehead atoms. The molecule has 2 aromatic carbocycles. The highest BCUT2D eigenvalue weighted by molar-refractivity contribution is 6.08. The Balaban J connectivity index is 1.54. The Hall–Kier alpha value is -3.91. The van der Waals surface area contributed by atoms with Gasteiger partial charge < -0.3 is 19.3 Å². The van der Waals surface area contributed by atoms with E-state index in [1.807, 2.05) is 6.07 Å². The summed E-state index contributed by atoms with van der Waals surface area (Å²) in [6.07, 6.45) is 1.59. The van der Waals surface area contributed by atoms with Gasteiger partial charge in [0.05, 0.1) is 25.5 Å². The van der Waals surface area contributed by atoms with Crippen molar-refractivity contribution in [3.8, 4) is 5.75 Å². The number of hydrogen-bond acceptors (Lipinski definition) is 7. The van der Waals surface area contributed by atoms with Gasteiger partial charge in [0.1, 0.15) is 11.4 Å². The van der Waals surface area contributed by atoms with Gasteiger partial charge in [0.25, 0.3) is 5.91 Å². The number of esters is 1. The summed E-state index contributed by atoms with van der Waals surface area (Å²) in [5.41, 5.74) is 2.27. The monoisotopic (exact) mass is 474 g/mol.